The quantitative estimate of drug-likeness (QED) is 0.688. The van der Waals surface area contributed by atoms with Gasteiger partial charge in [0.15, 0.2) is 11.5 Å². The highest BCUT2D eigenvalue weighted by molar-refractivity contribution is 5.91. The third-order valence-electron chi connectivity index (χ3n) is 1.43. The van der Waals surface area contributed by atoms with Crippen molar-refractivity contribution in [3.63, 3.8) is 0 Å². The van der Waals surface area contributed by atoms with Crippen molar-refractivity contribution >= 4 is 11.5 Å². The molecule has 0 aliphatic heterocycles. The normalized spacial score (nSPS) is 9.69. The van der Waals surface area contributed by atoms with Gasteiger partial charge in [-0.15, -0.1) is 0 Å². The first kappa shape index (κ1) is 9.31. The molecule has 5 heteroatoms. The van der Waals surface area contributed by atoms with Crippen molar-refractivity contribution in [1.29, 1.82) is 0 Å². The molecule has 1 heterocycles. The van der Waals surface area contributed by atoms with Gasteiger partial charge in [-0.05, 0) is 12.5 Å². The number of H-pyrrole nitrogens is 1. The molecule has 0 aliphatic carbocycles. The van der Waals surface area contributed by atoms with Crippen LogP contribution in [-0.2, 0) is 4.74 Å². The molecular formula is C8H9NO4. The van der Waals surface area contributed by atoms with Gasteiger partial charge < -0.3 is 9.15 Å². The van der Waals surface area contributed by atoms with Crippen LogP contribution < -0.4 is 5.76 Å². The van der Waals surface area contributed by atoms with Gasteiger partial charge >= 0.3 is 11.7 Å². The van der Waals surface area contributed by atoms with Crippen LogP contribution >= 0.6 is 0 Å². The largest absolute Gasteiger partial charge is 0.464 e. The molecule has 0 saturated carbocycles. The topological polar surface area (TPSA) is 72.3 Å². The summed E-state index contributed by atoms with van der Waals surface area (Å²) in [6.45, 7) is 5.18. The molecule has 5 nitrogen and oxygen atoms in total. The number of rotatable bonds is 2. The molecule has 0 saturated heterocycles. The number of ether oxygens (including phenoxy) is 1. The van der Waals surface area contributed by atoms with Gasteiger partial charge in [-0.1, -0.05) is 6.58 Å². The highest BCUT2D eigenvalue weighted by atomic mass is 16.5. The number of hydrogen-bond donors (Lipinski definition) is 1. The summed E-state index contributed by atoms with van der Waals surface area (Å²) in [5, 5.41) is 0. The minimum atomic E-state index is -0.696. The zero-order chi connectivity index (χ0) is 10.0. The summed E-state index contributed by atoms with van der Waals surface area (Å²) in [5.41, 5.74) is 0.485. The Kier molecular flexibility index (Phi) is 2.36. The molecule has 0 aliphatic rings. The van der Waals surface area contributed by atoms with Crippen LogP contribution in [0.1, 0.15) is 23.2 Å². The number of carbonyl (C=O) groups excluding carboxylic acids is 1. The zero-order valence-electron chi connectivity index (χ0n) is 7.34. The van der Waals surface area contributed by atoms with Gasteiger partial charge in [-0.2, -0.15) is 0 Å². The maximum absolute atomic E-state index is 11.1. The molecule has 0 amide bonds. The zero-order valence-corrected chi connectivity index (χ0v) is 7.34. The number of esters is 1. The van der Waals surface area contributed by atoms with Crippen molar-refractivity contribution in [2.24, 2.45) is 0 Å². The fraction of sp³-hybridized carbons (Fsp3) is 0.250. The summed E-state index contributed by atoms with van der Waals surface area (Å²) < 4.78 is 9.12. The Morgan fingerprint density at radius 1 is 1.62 bits per heavy atom. The Morgan fingerprint density at radius 3 is 2.69 bits per heavy atom. The lowest BCUT2D eigenvalue weighted by Crippen LogP contribution is -2.06. The fourth-order valence-corrected chi connectivity index (χ4v) is 0.874. The van der Waals surface area contributed by atoms with Gasteiger partial charge in [0, 0.05) is 0 Å². The predicted octanol–water partition coefficient (Wildman–Crippen LogP) is 0.788. The van der Waals surface area contributed by atoms with E-state index in [4.69, 9.17) is 0 Å². The molecule has 1 aromatic heterocycles. The van der Waals surface area contributed by atoms with Crippen LogP contribution in [0.5, 0.6) is 0 Å². The minimum Gasteiger partial charge on any atom is -0.464 e. The second kappa shape index (κ2) is 3.30. The Balaban J connectivity index is 3.27. The average Bonchev–Trinajstić information content (AvgIpc) is 2.46. The maximum atomic E-state index is 11.1. The lowest BCUT2D eigenvalue weighted by Gasteiger charge is -1.96. The first-order valence-electron chi connectivity index (χ1n) is 3.53. The van der Waals surface area contributed by atoms with Crippen molar-refractivity contribution in [2.45, 2.75) is 6.92 Å². The molecule has 13 heavy (non-hydrogen) atoms. The predicted molar refractivity (Wildman–Crippen MR) is 45.4 cm³/mol. The number of methoxy groups -OCH3 is 1. The summed E-state index contributed by atoms with van der Waals surface area (Å²) in [6, 6.07) is 0. The van der Waals surface area contributed by atoms with Crippen LogP contribution in [0.25, 0.3) is 5.57 Å². The standard InChI is InChI=1S/C8H9NO4/c1-4(2)6-5(7(10)12-3)9-8(11)13-6/h1H2,2-3H3,(H,9,11). The van der Waals surface area contributed by atoms with E-state index in [0.29, 0.717) is 5.57 Å². The number of allylic oxidation sites excluding steroid dienone is 1. The Labute approximate surface area is 74.0 Å². The SMILES string of the molecule is C=C(C)c1oc(=O)[nH]c1C(=O)OC. The van der Waals surface area contributed by atoms with E-state index in [1.807, 2.05) is 0 Å². The van der Waals surface area contributed by atoms with Gasteiger partial charge in [0.25, 0.3) is 0 Å². The second-order valence-electron chi connectivity index (χ2n) is 2.49. The smallest absolute Gasteiger partial charge is 0.417 e. The number of nitrogens with one attached hydrogen (secondary N) is 1. The van der Waals surface area contributed by atoms with E-state index in [2.05, 4.69) is 20.7 Å². The van der Waals surface area contributed by atoms with Gasteiger partial charge in [-0.25, -0.2) is 9.59 Å². The Bertz CT molecular complexity index is 399. The lowest BCUT2D eigenvalue weighted by molar-refractivity contribution is 0.0593. The third-order valence-corrected chi connectivity index (χ3v) is 1.43. The van der Waals surface area contributed by atoms with Crippen LogP contribution in [-0.4, -0.2) is 18.1 Å². The van der Waals surface area contributed by atoms with Crippen molar-refractivity contribution in [3.05, 3.63) is 28.6 Å². The molecule has 0 atom stereocenters. The van der Waals surface area contributed by atoms with Crippen molar-refractivity contribution in [1.82, 2.24) is 4.98 Å². The first-order chi connectivity index (χ1) is 6.06. The van der Waals surface area contributed by atoms with Crippen LogP contribution in [0.3, 0.4) is 0 Å². The summed E-state index contributed by atoms with van der Waals surface area (Å²) >= 11 is 0. The Hall–Kier alpha value is -1.78. The lowest BCUT2D eigenvalue weighted by atomic mass is 10.2. The number of oxazole rings is 1. The van der Waals surface area contributed by atoms with Gasteiger partial charge in [0.1, 0.15) is 0 Å². The summed E-state index contributed by atoms with van der Waals surface area (Å²) in [7, 11) is 1.22. The summed E-state index contributed by atoms with van der Waals surface area (Å²) in [4.78, 5) is 24.0. The van der Waals surface area contributed by atoms with Gasteiger partial charge in [0.2, 0.25) is 0 Å². The molecule has 1 aromatic rings. The fourth-order valence-electron chi connectivity index (χ4n) is 0.874. The Morgan fingerprint density at radius 2 is 2.23 bits per heavy atom. The highest BCUT2D eigenvalue weighted by Gasteiger charge is 2.18. The monoisotopic (exact) mass is 183 g/mol. The minimum absolute atomic E-state index is 0.000000000000000222. The molecule has 0 spiro atoms. The number of hydrogen-bond acceptors (Lipinski definition) is 4. The molecule has 0 aromatic carbocycles. The van der Waals surface area contributed by atoms with Crippen LogP contribution in [0.15, 0.2) is 15.8 Å². The molecule has 0 unspecified atom stereocenters. The third kappa shape index (κ3) is 1.69. The average molecular weight is 183 g/mol. The first-order valence-corrected chi connectivity index (χ1v) is 3.53. The van der Waals surface area contributed by atoms with E-state index in [1.165, 1.54) is 7.11 Å². The van der Waals surface area contributed by atoms with Crippen molar-refractivity contribution < 1.29 is 13.9 Å². The van der Waals surface area contributed by atoms with E-state index in [1.54, 1.807) is 6.92 Å². The van der Waals surface area contributed by atoms with Crippen LogP contribution in [0.2, 0.25) is 0 Å². The van der Waals surface area contributed by atoms with Crippen LogP contribution in [0, 0.1) is 0 Å². The molecule has 1 N–H and O–H groups in total. The number of aromatic nitrogens is 1. The highest BCUT2D eigenvalue weighted by Crippen LogP contribution is 2.14. The second-order valence-corrected chi connectivity index (χ2v) is 2.49. The number of aromatic amines is 1. The van der Waals surface area contributed by atoms with Crippen molar-refractivity contribution in [3.8, 4) is 0 Å². The summed E-state index contributed by atoms with van der Waals surface area (Å²) in [6.07, 6.45) is 0. The van der Waals surface area contributed by atoms with Crippen molar-refractivity contribution in [2.75, 3.05) is 7.11 Å². The maximum Gasteiger partial charge on any atom is 0.417 e. The van der Waals surface area contributed by atoms with E-state index in [0.717, 1.165) is 0 Å². The molecule has 0 radical (unpaired) electrons. The van der Waals surface area contributed by atoms with Crippen LogP contribution in [0.4, 0.5) is 0 Å². The molecule has 0 fully saturated rings. The van der Waals surface area contributed by atoms with E-state index in [9.17, 15) is 9.59 Å². The number of carbonyl (C=O) groups is 1. The molecular weight excluding hydrogens is 174 g/mol. The molecule has 0 bridgehead atoms. The molecule has 70 valence electrons. The summed E-state index contributed by atoms with van der Waals surface area (Å²) in [5.74, 6) is -1.21. The van der Waals surface area contributed by atoms with Gasteiger partial charge in [0.05, 0.1) is 7.11 Å². The van der Waals surface area contributed by atoms with E-state index < -0.39 is 11.7 Å². The van der Waals surface area contributed by atoms with E-state index in [-0.39, 0.29) is 11.5 Å². The van der Waals surface area contributed by atoms with E-state index >= 15 is 0 Å². The molecule has 1 rings (SSSR count). The van der Waals surface area contributed by atoms with Gasteiger partial charge in [-0.3, -0.25) is 4.98 Å².